The number of ether oxygens (including phenoxy) is 1. The maximum absolute atomic E-state index is 12.4. The fourth-order valence-electron chi connectivity index (χ4n) is 4.87. The van der Waals surface area contributed by atoms with Crippen LogP contribution in [-0.4, -0.2) is 47.4 Å². The van der Waals surface area contributed by atoms with E-state index in [1.54, 1.807) is 4.68 Å². The fraction of sp³-hybridized carbons (Fsp3) is 0.458. The van der Waals surface area contributed by atoms with Crippen LogP contribution in [0, 0.1) is 12.8 Å². The molecule has 0 N–H and O–H groups in total. The third-order valence-electron chi connectivity index (χ3n) is 6.69. The number of ketones is 1. The van der Waals surface area contributed by atoms with E-state index in [9.17, 15) is 13.2 Å². The highest BCUT2D eigenvalue weighted by Gasteiger charge is 2.30. The number of benzene rings is 1. The summed E-state index contributed by atoms with van der Waals surface area (Å²) < 4.78 is 34.2. The van der Waals surface area contributed by atoms with Gasteiger partial charge in [-0.2, -0.15) is 5.10 Å². The van der Waals surface area contributed by atoms with Crippen LogP contribution in [0.4, 0.5) is 5.69 Å². The number of carbonyl (C=O) groups excluding carboxylic acids is 1. The molecular weight excluding hydrogens is 440 g/mol. The smallest absolute Gasteiger partial charge is 0.235 e. The van der Waals surface area contributed by atoms with Gasteiger partial charge in [0.25, 0.3) is 0 Å². The zero-order chi connectivity index (χ0) is 23.3. The summed E-state index contributed by atoms with van der Waals surface area (Å²) in [7, 11) is -1.38. The van der Waals surface area contributed by atoms with Crippen LogP contribution in [0.15, 0.2) is 30.5 Å². The average Bonchev–Trinajstić information content (AvgIpc) is 3.45. The van der Waals surface area contributed by atoms with Gasteiger partial charge in [-0.3, -0.25) is 13.8 Å². The molecule has 3 heterocycles. The Morgan fingerprint density at radius 3 is 2.73 bits per heavy atom. The van der Waals surface area contributed by atoms with E-state index < -0.39 is 10.0 Å². The van der Waals surface area contributed by atoms with Crippen molar-refractivity contribution in [3.63, 3.8) is 0 Å². The number of anilines is 1. The van der Waals surface area contributed by atoms with E-state index in [1.807, 2.05) is 51.4 Å². The zero-order valence-electron chi connectivity index (χ0n) is 19.1. The Bertz CT molecular complexity index is 1350. The first-order chi connectivity index (χ1) is 15.7. The number of sulfonamides is 1. The van der Waals surface area contributed by atoms with Gasteiger partial charge in [0.15, 0.2) is 0 Å². The van der Waals surface area contributed by atoms with Crippen molar-refractivity contribution in [2.45, 2.75) is 45.6 Å². The lowest BCUT2D eigenvalue weighted by molar-refractivity contribution is -0.117. The lowest BCUT2D eigenvalue weighted by Gasteiger charge is -2.21. The summed E-state index contributed by atoms with van der Waals surface area (Å²) in [6, 6.07) is 7.64. The van der Waals surface area contributed by atoms with Crippen LogP contribution >= 0.6 is 0 Å². The number of aromatic nitrogens is 3. The van der Waals surface area contributed by atoms with E-state index in [-0.39, 0.29) is 17.8 Å². The molecule has 8 nitrogen and oxygen atoms in total. The first kappa shape index (κ1) is 21.9. The van der Waals surface area contributed by atoms with Gasteiger partial charge in [-0.15, -0.1) is 0 Å². The normalized spacial score (nSPS) is 21.1. The highest BCUT2D eigenvalue weighted by Crippen LogP contribution is 2.35. The van der Waals surface area contributed by atoms with E-state index in [0.717, 1.165) is 28.5 Å². The van der Waals surface area contributed by atoms with Gasteiger partial charge in [0.1, 0.15) is 11.9 Å². The van der Waals surface area contributed by atoms with Crippen molar-refractivity contribution in [1.82, 2.24) is 14.8 Å². The highest BCUT2D eigenvalue weighted by molar-refractivity contribution is 7.93. The molecule has 2 aliphatic rings. The van der Waals surface area contributed by atoms with Crippen molar-refractivity contribution in [2.24, 2.45) is 13.0 Å². The Morgan fingerprint density at radius 1 is 1.24 bits per heavy atom. The van der Waals surface area contributed by atoms with E-state index >= 15 is 0 Å². The maximum Gasteiger partial charge on any atom is 0.235 e. The molecule has 0 unspecified atom stereocenters. The third-order valence-corrected chi connectivity index (χ3v) is 8.54. The Balaban J connectivity index is 1.51. The second-order valence-electron chi connectivity index (χ2n) is 9.16. The third kappa shape index (κ3) is 4.10. The van der Waals surface area contributed by atoms with Crippen molar-refractivity contribution in [2.75, 3.05) is 16.6 Å². The molecule has 5 rings (SSSR count). The van der Waals surface area contributed by atoms with Gasteiger partial charge in [-0.1, -0.05) is 6.07 Å². The number of nitrogens with zero attached hydrogens (tertiary/aromatic N) is 4. The van der Waals surface area contributed by atoms with Gasteiger partial charge in [0, 0.05) is 44.1 Å². The number of hydrogen-bond donors (Lipinski definition) is 0. The van der Waals surface area contributed by atoms with Gasteiger partial charge in [-0.05, 0) is 50.5 Å². The summed E-state index contributed by atoms with van der Waals surface area (Å²) >= 11 is 0. The van der Waals surface area contributed by atoms with Gasteiger partial charge < -0.3 is 4.74 Å². The minimum Gasteiger partial charge on any atom is -0.474 e. The van der Waals surface area contributed by atoms with Crippen LogP contribution in [0.2, 0.25) is 0 Å². The lowest BCUT2D eigenvalue weighted by atomic mass is 10.0. The van der Waals surface area contributed by atoms with Gasteiger partial charge in [0.05, 0.1) is 28.0 Å². The number of hydrogen-bond acceptors (Lipinski definition) is 6. The van der Waals surface area contributed by atoms with Crippen molar-refractivity contribution in [1.29, 1.82) is 0 Å². The molecule has 0 spiro atoms. The molecule has 0 radical (unpaired) electrons. The van der Waals surface area contributed by atoms with Crippen LogP contribution in [-0.2, 0) is 21.9 Å². The molecule has 33 heavy (non-hydrogen) atoms. The molecule has 1 saturated carbocycles. The van der Waals surface area contributed by atoms with Gasteiger partial charge in [0.2, 0.25) is 15.9 Å². The number of pyridine rings is 1. The summed E-state index contributed by atoms with van der Waals surface area (Å²) in [5.74, 6) is 1.18. The number of aryl methyl sites for hydroxylation is 2. The molecule has 1 aromatic carbocycles. The maximum atomic E-state index is 12.4. The van der Waals surface area contributed by atoms with Crippen molar-refractivity contribution in [3.05, 3.63) is 36.0 Å². The van der Waals surface area contributed by atoms with E-state index in [1.165, 1.54) is 4.31 Å². The fourth-order valence-corrected chi connectivity index (χ4v) is 6.49. The SMILES string of the molecule is Cc1cc(-c2cc3nn(C)cc3c(O[C@H](C)[C@H]3CCC(=O)C3)n2)ccc1N1CCCS1(=O)=O. The molecule has 2 fully saturated rings. The van der Waals surface area contributed by atoms with Crippen LogP contribution in [0.25, 0.3) is 22.2 Å². The van der Waals surface area contributed by atoms with E-state index in [2.05, 4.69) is 5.10 Å². The van der Waals surface area contributed by atoms with Crippen molar-refractivity contribution in [3.8, 4) is 17.1 Å². The minimum atomic E-state index is -3.24. The molecule has 2 atom stereocenters. The molecule has 2 aromatic heterocycles. The van der Waals surface area contributed by atoms with Crippen LogP contribution < -0.4 is 9.04 Å². The predicted octanol–water partition coefficient (Wildman–Crippen LogP) is 3.62. The number of Topliss-reactive ketones (excluding diaryl/α,β-unsaturated/α-hetero) is 1. The van der Waals surface area contributed by atoms with Crippen LogP contribution in [0.1, 0.15) is 38.2 Å². The predicted molar refractivity (Wildman–Crippen MR) is 127 cm³/mol. The Kier molecular flexibility index (Phi) is 5.39. The topological polar surface area (TPSA) is 94.4 Å². The van der Waals surface area contributed by atoms with Crippen molar-refractivity contribution < 1.29 is 17.9 Å². The molecule has 0 amide bonds. The Morgan fingerprint density at radius 2 is 2.06 bits per heavy atom. The minimum absolute atomic E-state index is 0.132. The molecule has 1 aliphatic carbocycles. The highest BCUT2D eigenvalue weighted by atomic mass is 32.2. The molecule has 9 heteroatoms. The summed E-state index contributed by atoms with van der Waals surface area (Å²) in [6.45, 7) is 4.43. The Hall–Kier alpha value is -2.94. The summed E-state index contributed by atoms with van der Waals surface area (Å²) in [6.07, 6.45) is 4.42. The van der Waals surface area contributed by atoms with Crippen molar-refractivity contribution >= 4 is 32.4 Å². The lowest BCUT2D eigenvalue weighted by Crippen LogP contribution is -2.25. The van der Waals surface area contributed by atoms with Gasteiger partial charge in [-0.25, -0.2) is 13.4 Å². The number of fused-ring (bicyclic) bond motifs is 1. The molecule has 1 saturated heterocycles. The second-order valence-corrected chi connectivity index (χ2v) is 11.2. The molecule has 1 aliphatic heterocycles. The van der Waals surface area contributed by atoms with E-state index in [4.69, 9.17) is 9.72 Å². The Labute approximate surface area is 193 Å². The standard InChI is InChI=1S/C24H28N4O4S/c1-15-11-18(6-8-23(15)28-9-4-10-33(28,30)31)21-13-22-20(14-27(3)26-22)24(25-21)32-16(2)17-5-7-19(29)12-17/h6,8,11,13-14,16-17H,4-5,7,9-10,12H2,1-3H3/t16-,17+/m1/s1. The number of rotatable bonds is 5. The second kappa shape index (κ2) is 8.13. The van der Waals surface area contributed by atoms with E-state index in [0.29, 0.717) is 48.9 Å². The monoisotopic (exact) mass is 468 g/mol. The zero-order valence-corrected chi connectivity index (χ0v) is 19.9. The van der Waals surface area contributed by atoms with Gasteiger partial charge >= 0.3 is 0 Å². The molecule has 0 bridgehead atoms. The summed E-state index contributed by atoms with van der Waals surface area (Å²) in [4.78, 5) is 16.6. The first-order valence-corrected chi connectivity index (χ1v) is 13.0. The van der Waals surface area contributed by atoms with Crippen LogP contribution in [0.5, 0.6) is 5.88 Å². The van der Waals surface area contributed by atoms with Crippen LogP contribution in [0.3, 0.4) is 0 Å². The molecule has 3 aromatic rings. The first-order valence-electron chi connectivity index (χ1n) is 11.4. The summed E-state index contributed by atoms with van der Waals surface area (Å²) in [5.41, 5.74) is 3.95. The average molecular weight is 469 g/mol. The summed E-state index contributed by atoms with van der Waals surface area (Å²) in [5, 5.41) is 5.38. The largest absolute Gasteiger partial charge is 0.474 e. The molecular formula is C24H28N4O4S. The number of carbonyl (C=O) groups is 1. The quantitative estimate of drug-likeness (QED) is 0.568. The molecule has 174 valence electrons.